The monoisotopic (exact) mass is 333 g/mol. The lowest BCUT2D eigenvalue weighted by Crippen LogP contribution is -2.64. The summed E-state index contributed by atoms with van der Waals surface area (Å²) in [5.74, 6) is 0. The van der Waals surface area contributed by atoms with Gasteiger partial charge in [-0.05, 0) is 0 Å². The predicted molar refractivity (Wildman–Crippen MR) is 61.6 cm³/mol. The van der Waals surface area contributed by atoms with Gasteiger partial charge in [-0.25, -0.2) is 0 Å². The molecule has 0 amide bonds. The van der Waals surface area contributed by atoms with Crippen LogP contribution in [-0.4, -0.2) is 91.7 Å². The van der Waals surface area contributed by atoms with Crippen molar-refractivity contribution in [2.75, 3.05) is 13.2 Å². The molecule has 1 aliphatic rings. The van der Waals surface area contributed by atoms with Gasteiger partial charge in [0.15, 0.2) is 0 Å². The molecule has 1 fully saturated rings. The topological polar surface area (TPSA) is 200 Å². The number of aliphatic hydroxyl groups excluding tert-OH is 7. The molecule has 126 valence electrons. The Morgan fingerprint density at radius 2 is 1.43 bits per heavy atom. The summed E-state index contributed by atoms with van der Waals surface area (Å²) in [4.78, 5) is 11.4. The van der Waals surface area contributed by atoms with Crippen LogP contribution in [0.3, 0.4) is 0 Å². The Labute approximate surface area is 119 Å². The zero-order chi connectivity index (χ0) is 16.4. The first kappa shape index (κ1) is 18.9. The Hall–Kier alpha value is -0.170. The van der Waals surface area contributed by atoms with Crippen LogP contribution in [0.15, 0.2) is 0 Å². The van der Waals surface area contributed by atoms with Crippen molar-refractivity contribution in [3.05, 3.63) is 0 Å². The molecule has 1 rings (SSSR count). The first-order valence-electron chi connectivity index (χ1n) is 5.94. The van der Waals surface area contributed by atoms with Crippen molar-refractivity contribution < 1.29 is 54.3 Å². The average Bonchev–Trinajstić information content (AvgIpc) is 2.45. The van der Waals surface area contributed by atoms with Crippen molar-refractivity contribution in [1.82, 2.24) is 0 Å². The summed E-state index contributed by atoms with van der Waals surface area (Å²) in [5, 5.41) is 64.7. The van der Waals surface area contributed by atoms with Crippen LogP contribution in [-0.2, 0) is 13.6 Å². The van der Waals surface area contributed by atoms with Crippen LogP contribution in [0, 0.1) is 0 Å². The van der Waals surface area contributed by atoms with Gasteiger partial charge in [0.1, 0.15) is 42.7 Å². The molecule has 11 nitrogen and oxygen atoms in total. The first-order chi connectivity index (χ1) is 9.60. The standard InChI is InChI=1S/C9H19O11P/c10-1-3(11)2-19-21(17,18)20-9-7(15)5(13)4(12)6(14)8(9)16/h3-16H,1-2H2,(H,17,18)/p-1. The van der Waals surface area contributed by atoms with Gasteiger partial charge in [-0.3, -0.25) is 4.57 Å². The molecule has 0 radical (unpaired) electrons. The molecule has 12 heteroatoms. The first-order valence-corrected chi connectivity index (χ1v) is 7.40. The minimum Gasteiger partial charge on any atom is -0.756 e. The van der Waals surface area contributed by atoms with E-state index in [1.165, 1.54) is 0 Å². The van der Waals surface area contributed by atoms with E-state index in [4.69, 9.17) is 10.2 Å². The van der Waals surface area contributed by atoms with Crippen molar-refractivity contribution >= 4 is 7.82 Å². The Bertz CT molecular complexity index is 363. The van der Waals surface area contributed by atoms with Gasteiger partial charge in [0.2, 0.25) is 0 Å². The molecule has 1 saturated carbocycles. The van der Waals surface area contributed by atoms with Gasteiger partial charge in [0.25, 0.3) is 7.82 Å². The van der Waals surface area contributed by atoms with E-state index >= 15 is 0 Å². The normalized spacial score (nSPS) is 41.5. The van der Waals surface area contributed by atoms with Gasteiger partial charge in [0.05, 0.1) is 13.2 Å². The molecule has 0 heterocycles. The van der Waals surface area contributed by atoms with Crippen LogP contribution in [0.1, 0.15) is 0 Å². The number of hydrogen-bond acceptors (Lipinski definition) is 11. The molecule has 6 atom stereocenters. The predicted octanol–water partition coefficient (Wildman–Crippen LogP) is -4.97. The summed E-state index contributed by atoms with van der Waals surface area (Å²) in [6, 6.07) is 0. The molecule has 0 bridgehead atoms. The van der Waals surface area contributed by atoms with Gasteiger partial charge in [-0.15, -0.1) is 0 Å². The van der Waals surface area contributed by atoms with Crippen LogP contribution >= 0.6 is 7.82 Å². The fourth-order valence-electron chi connectivity index (χ4n) is 1.73. The van der Waals surface area contributed by atoms with Gasteiger partial charge in [0, 0.05) is 0 Å². The van der Waals surface area contributed by atoms with E-state index in [1.54, 1.807) is 0 Å². The van der Waals surface area contributed by atoms with Gasteiger partial charge >= 0.3 is 0 Å². The highest BCUT2D eigenvalue weighted by Crippen LogP contribution is 2.43. The van der Waals surface area contributed by atoms with Crippen molar-refractivity contribution in [3.63, 3.8) is 0 Å². The van der Waals surface area contributed by atoms with E-state index in [1.807, 2.05) is 0 Å². The lowest BCUT2D eigenvalue weighted by atomic mass is 9.85. The summed E-state index contributed by atoms with van der Waals surface area (Å²) in [6.07, 6.45) is -13.3. The van der Waals surface area contributed by atoms with Gasteiger partial charge in [-0.1, -0.05) is 0 Å². The zero-order valence-electron chi connectivity index (χ0n) is 10.7. The second-order valence-electron chi connectivity index (χ2n) is 4.60. The Morgan fingerprint density at radius 3 is 1.86 bits per heavy atom. The van der Waals surface area contributed by atoms with Crippen LogP contribution in [0.4, 0.5) is 0 Å². The van der Waals surface area contributed by atoms with E-state index in [-0.39, 0.29) is 0 Å². The Balaban J connectivity index is 2.72. The smallest absolute Gasteiger partial charge is 0.268 e. The van der Waals surface area contributed by atoms with Gasteiger partial charge in [-0.2, -0.15) is 0 Å². The van der Waals surface area contributed by atoms with E-state index < -0.39 is 63.8 Å². The fraction of sp³-hybridized carbons (Fsp3) is 1.00. The van der Waals surface area contributed by atoms with E-state index in [0.29, 0.717) is 0 Å². The summed E-state index contributed by atoms with van der Waals surface area (Å²) < 4.78 is 20.0. The second-order valence-corrected chi connectivity index (χ2v) is 5.97. The molecule has 0 aliphatic heterocycles. The Morgan fingerprint density at radius 1 is 1.00 bits per heavy atom. The number of rotatable bonds is 6. The molecular weight excluding hydrogens is 315 g/mol. The highest BCUT2D eigenvalue weighted by molar-refractivity contribution is 7.45. The maximum absolute atomic E-state index is 11.4. The molecule has 0 aromatic rings. The SMILES string of the molecule is O=P([O-])(OCC(O)CO)OC1C(O)C(O)C(O)C(O)C1O. The lowest BCUT2D eigenvalue weighted by Gasteiger charge is -2.43. The summed E-state index contributed by atoms with van der Waals surface area (Å²) in [5.41, 5.74) is 0. The third-order valence-corrected chi connectivity index (χ3v) is 3.93. The van der Waals surface area contributed by atoms with Crippen LogP contribution in [0.5, 0.6) is 0 Å². The highest BCUT2D eigenvalue weighted by atomic mass is 31.2. The minimum atomic E-state index is -5.12. The molecule has 0 spiro atoms. The maximum atomic E-state index is 11.4. The van der Waals surface area contributed by atoms with E-state index in [2.05, 4.69) is 9.05 Å². The number of phosphoric ester groups is 1. The quantitative estimate of drug-likeness (QED) is 0.229. The van der Waals surface area contributed by atoms with Crippen molar-refractivity contribution in [2.24, 2.45) is 0 Å². The zero-order valence-corrected chi connectivity index (χ0v) is 11.6. The Kier molecular flexibility index (Phi) is 6.65. The molecule has 7 N–H and O–H groups in total. The summed E-state index contributed by atoms with van der Waals surface area (Å²) in [7, 11) is -5.12. The number of hydrogen-bond donors (Lipinski definition) is 7. The van der Waals surface area contributed by atoms with Crippen LogP contribution < -0.4 is 4.89 Å². The molecule has 21 heavy (non-hydrogen) atoms. The number of phosphoric acid groups is 1. The highest BCUT2D eigenvalue weighted by Gasteiger charge is 2.50. The third kappa shape index (κ3) is 4.65. The molecule has 6 unspecified atom stereocenters. The molecule has 1 aliphatic carbocycles. The maximum Gasteiger partial charge on any atom is 0.268 e. The minimum absolute atomic E-state index is 0.766. The fourth-order valence-corrected chi connectivity index (χ4v) is 2.69. The van der Waals surface area contributed by atoms with Gasteiger partial charge < -0.3 is 49.7 Å². The van der Waals surface area contributed by atoms with Crippen molar-refractivity contribution in [2.45, 2.75) is 42.7 Å². The summed E-state index contributed by atoms with van der Waals surface area (Å²) >= 11 is 0. The average molecular weight is 333 g/mol. The lowest BCUT2D eigenvalue weighted by molar-refractivity contribution is -0.261. The molecule has 0 aromatic carbocycles. The molecule has 0 saturated heterocycles. The summed E-state index contributed by atoms with van der Waals surface area (Å²) in [6.45, 7) is -1.60. The number of aliphatic hydroxyl groups is 7. The van der Waals surface area contributed by atoms with Crippen molar-refractivity contribution in [3.8, 4) is 0 Å². The van der Waals surface area contributed by atoms with E-state index in [0.717, 1.165) is 0 Å². The molecule has 0 aromatic heterocycles. The van der Waals surface area contributed by atoms with Crippen LogP contribution in [0.25, 0.3) is 0 Å². The second kappa shape index (κ2) is 7.40. The molecular formula is C9H18O11P-. The van der Waals surface area contributed by atoms with E-state index in [9.17, 15) is 35.0 Å². The largest absolute Gasteiger partial charge is 0.756 e. The van der Waals surface area contributed by atoms with Crippen LogP contribution in [0.2, 0.25) is 0 Å². The van der Waals surface area contributed by atoms with Crippen molar-refractivity contribution in [1.29, 1.82) is 0 Å². The third-order valence-electron chi connectivity index (χ3n) is 2.96.